The zero-order valence-corrected chi connectivity index (χ0v) is 16.9. The van der Waals surface area contributed by atoms with Crippen molar-refractivity contribution >= 4 is 23.3 Å². The van der Waals surface area contributed by atoms with Gasteiger partial charge in [0.1, 0.15) is 17.0 Å². The van der Waals surface area contributed by atoms with E-state index in [1.54, 1.807) is 6.92 Å². The Kier molecular flexibility index (Phi) is 6.35. The molecular weight excluding hydrogens is 450 g/mol. The van der Waals surface area contributed by atoms with E-state index in [1.165, 1.54) is 11.0 Å². The Morgan fingerprint density at radius 1 is 1.16 bits per heavy atom. The Hall–Kier alpha value is -2.56. The van der Waals surface area contributed by atoms with Gasteiger partial charge in [-0.3, -0.25) is 4.79 Å². The lowest BCUT2D eigenvalue weighted by molar-refractivity contribution is -0.145. The highest BCUT2D eigenvalue weighted by Crippen LogP contribution is 2.32. The maximum Gasteiger partial charge on any atom is 0.451 e. The van der Waals surface area contributed by atoms with Crippen LogP contribution in [0, 0.1) is 6.92 Å². The summed E-state index contributed by atoms with van der Waals surface area (Å²) >= 11 is 5.67. The molecule has 1 saturated heterocycles. The van der Waals surface area contributed by atoms with Gasteiger partial charge in [0.25, 0.3) is 0 Å². The number of amides is 1. The van der Waals surface area contributed by atoms with Crippen LogP contribution in [0.5, 0.6) is 0 Å². The fourth-order valence-electron chi connectivity index (χ4n) is 3.20. The summed E-state index contributed by atoms with van der Waals surface area (Å²) in [6.07, 6.45) is -8.49. The van der Waals surface area contributed by atoms with Gasteiger partial charge in [-0.05, 0) is 43.0 Å². The van der Waals surface area contributed by atoms with Gasteiger partial charge in [-0.15, -0.1) is 0 Å². The van der Waals surface area contributed by atoms with E-state index in [4.69, 9.17) is 11.6 Å². The van der Waals surface area contributed by atoms with Gasteiger partial charge in [0.05, 0.1) is 5.56 Å². The second-order valence-electron chi connectivity index (χ2n) is 7.05. The predicted octanol–water partition coefficient (Wildman–Crippen LogP) is 4.41. The summed E-state index contributed by atoms with van der Waals surface area (Å²) in [5.41, 5.74) is 0.352. The van der Waals surface area contributed by atoms with Crippen LogP contribution in [0.25, 0.3) is 0 Å². The Labute approximate surface area is 178 Å². The second kappa shape index (κ2) is 8.52. The van der Waals surface area contributed by atoms with E-state index >= 15 is 0 Å². The predicted molar refractivity (Wildman–Crippen MR) is 101 cm³/mol. The Morgan fingerprint density at radius 3 is 2.42 bits per heavy atom. The van der Waals surface area contributed by atoms with Crippen LogP contribution >= 0.6 is 11.6 Å². The van der Waals surface area contributed by atoms with Gasteiger partial charge < -0.3 is 10.2 Å². The van der Waals surface area contributed by atoms with Gasteiger partial charge in [0.2, 0.25) is 11.7 Å². The first kappa shape index (κ1) is 23.1. The maximum atomic E-state index is 12.9. The lowest BCUT2D eigenvalue weighted by atomic mass is 10.0. The molecule has 5 nitrogen and oxygen atoms in total. The number of carbonyl (C=O) groups is 1. The van der Waals surface area contributed by atoms with Crippen LogP contribution in [-0.2, 0) is 23.6 Å². The maximum absolute atomic E-state index is 12.9. The first-order chi connectivity index (χ1) is 14.4. The third-order valence-electron chi connectivity index (χ3n) is 4.91. The van der Waals surface area contributed by atoms with Gasteiger partial charge in [0, 0.05) is 19.2 Å². The molecule has 1 aromatic carbocycles. The number of benzene rings is 1. The summed E-state index contributed by atoms with van der Waals surface area (Å²) in [6.45, 7) is 2.03. The minimum atomic E-state index is -4.78. The number of alkyl halides is 6. The minimum Gasteiger partial charge on any atom is -0.354 e. The zero-order valence-electron chi connectivity index (χ0n) is 16.1. The third-order valence-corrected chi connectivity index (χ3v) is 5.11. The largest absolute Gasteiger partial charge is 0.451 e. The molecule has 1 N–H and O–H groups in total. The summed E-state index contributed by atoms with van der Waals surface area (Å²) in [4.78, 5) is 20.4. The average Bonchev–Trinajstić information content (AvgIpc) is 2.60. The van der Waals surface area contributed by atoms with E-state index in [9.17, 15) is 31.1 Å². The summed E-state index contributed by atoms with van der Waals surface area (Å²) in [6, 6.07) is 3.82. The van der Waals surface area contributed by atoms with Crippen molar-refractivity contribution in [1.82, 2.24) is 15.3 Å². The number of hydrogen-bond donors (Lipinski definition) is 1. The normalized spacial score (nSPS) is 16.8. The van der Waals surface area contributed by atoms with Crippen molar-refractivity contribution in [2.24, 2.45) is 0 Å². The molecule has 1 amide bonds. The van der Waals surface area contributed by atoms with Crippen molar-refractivity contribution in [1.29, 1.82) is 0 Å². The van der Waals surface area contributed by atoms with Crippen LogP contribution in [0.2, 0.25) is 5.15 Å². The van der Waals surface area contributed by atoms with E-state index in [1.807, 2.05) is 0 Å². The summed E-state index contributed by atoms with van der Waals surface area (Å²) in [5.74, 6) is -1.91. The molecule has 1 aliphatic rings. The molecule has 1 atom stereocenters. The molecule has 2 aromatic rings. The van der Waals surface area contributed by atoms with E-state index in [0.29, 0.717) is 30.5 Å². The Morgan fingerprint density at radius 2 is 1.87 bits per heavy atom. The summed E-state index contributed by atoms with van der Waals surface area (Å²) in [7, 11) is 0. The minimum absolute atomic E-state index is 0.0997. The molecule has 0 radical (unpaired) electrons. The van der Waals surface area contributed by atoms with E-state index in [-0.39, 0.29) is 17.5 Å². The molecule has 2 heterocycles. The van der Waals surface area contributed by atoms with Crippen LogP contribution < -0.4 is 10.2 Å². The van der Waals surface area contributed by atoms with Gasteiger partial charge >= 0.3 is 12.4 Å². The number of carbonyl (C=O) groups excluding carboxylic acids is 1. The van der Waals surface area contributed by atoms with Crippen LogP contribution in [0.4, 0.5) is 32.2 Å². The zero-order chi connectivity index (χ0) is 23.0. The number of aromatic nitrogens is 2. The molecule has 168 valence electrons. The summed E-state index contributed by atoms with van der Waals surface area (Å²) in [5, 5.41) is 2.28. The van der Waals surface area contributed by atoms with Crippen molar-refractivity contribution in [2.45, 2.75) is 38.2 Å². The molecule has 0 bridgehead atoms. The van der Waals surface area contributed by atoms with Gasteiger partial charge in [-0.1, -0.05) is 17.7 Å². The van der Waals surface area contributed by atoms with Gasteiger partial charge in [-0.25, -0.2) is 9.97 Å². The first-order valence-electron chi connectivity index (χ1n) is 9.19. The number of halogens is 7. The molecule has 12 heteroatoms. The van der Waals surface area contributed by atoms with Crippen molar-refractivity contribution in [3.8, 4) is 0 Å². The number of aryl methyl sites for hydroxylation is 1. The number of nitrogens with one attached hydrogen (secondary N) is 1. The number of rotatable bonds is 5. The van der Waals surface area contributed by atoms with Crippen LogP contribution in [-0.4, -0.2) is 35.0 Å². The molecule has 0 unspecified atom stereocenters. The molecule has 31 heavy (non-hydrogen) atoms. The highest BCUT2D eigenvalue weighted by molar-refractivity contribution is 6.29. The quantitative estimate of drug-likeness (QED) is 0.524. The van der Waals surface area contributed by atoms with Crippen LogP contribution in [0.15, 0.2) is 24.3 Å². The van der Waals surface area contributed by atoms with E-state index < -0.39 is 35.7 Å². The fourth-order valence-corrected chi connectivity index (χ4v) is 3.38. The molecule has 1 aliphatic heterocycles. The average molecular weight is 467 g/mol. The molecule has 0 aliphatic carbocycles. The van der Waals surface area contributed by atoms with Crippen molar-refractivity contribution in [2.75, 3.05) is 18.0 Å². The standard InChI is InChI=1S/C19H17ClF6N4O/c1-10-8-12(18(21,22)23)3-2-11(10)4-6-27-16(31)13-5-7-30(13)15-9-14(20)28-17(29-15)19(24,25)26/h2-3,8-9,13H,4-7H2,1H3,(H,27,31)/t13-/m0/s1. The molecule has 1 aromatic heterocycles. The molecular formula is C19H17ClF6N4O. The highest BCUT2D eigenvalue weighted by Gasteiger charge is 2.39. The smallest absolute Gasteiger partial charge is 0.354 e. The van der Waals surface area contributed by atoms with E-state index in [2.05, 4.69) is 15.3 Å². The van der Waals surface area contributed by atoms with Crippen molar-refractivity contribution in [3.63, 3.8) is 0 Å². The Balaban J connectivity index is 1.60. The van der Waals surface area contributed by atoms with Crippen LogP contribution in [0.1, 0.15) is 28.9 Å². The van der Waals surface area contributed by atoms with Gasteiger partial charge in [-0.2, -0.15) is 26.3 Å². The second-order valence-corrected chi connectivity index (χ2v) is 7.44. The van der Waals surface area contributed by atoms with Crippen molar-refractivity contribution < 1.29 is 31.1 Å². The first-order valence-corrected chi connectivity index (χ1v) is 9.57. The lowest BCUT2D eigenvalue weighted by Crippen LogP contribution is -2.57. The molecule has 0 spiro atoms. The monoisotopic (exact) mass is 466 g/mol. The van der Waals surface area contributed by atoms with Crippen LogP contribution in [0.3, 0.4) is 0 Å². The van der Waals surface area contributed by atoms with Crippen molar-refractivity contribution in [3.05, 3.63) is 51.9 Å². The lowest BCUT2D eigenvalue weighted by Gasteiger charge is -2.40. The summed E-state index contributed by atoms with van der Waals surface area (Å²) < 4.78 is 76.9. The number of hydrogen-bond acceptors (Lipinski definition) is 4. The van der Waals surface area contributed by atoms with Gasteiger partial charge in [0.15, 0.2) is 0 Å². The topological polar surface area (TPSA) is 58.1 Å². The molecule has 3 rings (SSSR count). The Bertz CT molecular complexity index is 979. The van der Waals surface area contributed by atoms with E-state index in [0.717, 1.165) is 18.2 Å². The highest BCUT2D eigenvalue weighted by atomic mass is 35.5. The number of nitrogens with zero attached hydrogens (tertiary/aromatic N) is 3. The molecule has 1 fully saturated rings. The SMILES string of the molecule is Cc1cc(C(F)(F)F)ccc1CCNC(=O)[C@@H]1CCN1c1cc(Cl)nc(C(F)(F)F)n1. The molecule has 0 saturated carbocycles. The number of anilines is 1. The third kappa shape index (κ3) is 5.38. The fraction of sp³-hybridized carbons (Fsp3) is 0.421.